The van der Waals surface area contributed by atoms with E-state index in [-0.39, 0.29) is 5.56 Å². The topological polar surface area (TPSA) is 94.0 Å². The number of nitrogens with two attached hydrogens (primary N) is 1. The number of hydrogen-bond donors (Lipinski definition) is 2. The number of carbonyl (C=O) groups is 1. The van der Waals surface area contributed by atoms with Gasteiger partial charge in [-0.2, -0.15) is 5.10 Å². The third-order valence-electron chi connectivity index (χ3n) is 2.41. The van der Waals surface area contributed by atoms with Gasteiger partial charge < -0.3 is 10.8 Å². The molecule has 0 saturated carbocycles. The van der Waals surface area contributed by atoms with Gasteiger partial charge in [-0.1, -0.05) is 0 Å². The predicted octanol–water partition coefficient (Wildman–Crippen LogP) is 1.39. The number of aromatic carboxylic acids is 1. The van der Waals surface area contributed by atoms with Crippen LogP contribution in [0.4, 0.5) is 5.69 Å². The number of anilines is 1. The third kappa shape index (κ3) is 2.62. The lowest BCUT2D eigenvalue weighted by molar-refractivity contribution is 0.0696. The molecule has 7 heteroatoms. The van der Waals surface area contributed by atoms with Gasteiger partial charge in [-0.15, -0.1) is 11.8 Å². The van der Waals surface area contributed by atoms with Crippen molar-refractivity contribution in [2.24, 2.45) is 7.05 Å². The van der Waals surface area contributed by atoms with Gasteiger partial charge >= 0.3 is 5.97 Å². The van der Waals surface area contributed by atoms with Crippen LogP contribution < -0.4 is 5.73 Å². The quantitative estimate of drug-likeness (QED) is 0.810. The van der Waals surface area contributed by atoms with Crippen molar-refractivity contribution in [2.75, 3.05) is 5.73 Å². The van der Waals surface area contributed by atoms with Gasteiger partial charge in [0.1, 0.15) is 5.56 Å². The van der Waals surface area contributed by atoms with Crippen molar-refractivity contribution in [3.05, 3.63) is 35.8 Å². The van der Waals surface area contributed by atoms with E-state index in [0.717, 1.165) is 5.03 Å². The lowest BCUT2D eigenvalue weighted by Gasteiger charge is -2.03. The van der Waals surface area contributed by atoms with E-state index in [1.165, 1.54) is 18.0 Å². The molecule has 0 spiro atoms. The van der Waals surface area contributed by atoms with E-state index >= 15 is 0 Å². The van der Waals surface area contributed by atoms with Crippen LogP contribution in [0.25, 0.3) is 0 Å². The van der Waals surface area contributed by atoms with Crippen LogP contribution in [0.3, 0.4) is 0 Å². The maximum absolute atomic E-state index is 11.0. The number of thioether (sulfide) groups is 1. The Bertz CT molecular complexity index is 565. The van der Waals surface area contributed by atoms with Crippen LogP contribution >= 0.6 is 11.8 Å². The standard InChI is InChI=1S/C11H12N4O2S/c1-15-9(8(5-14-15)11(16)17)6-18-10-3-2-7(12)4-13-10/h2-5H,6,12H2,1H3,(H,16,17). The molecule has 0 aliphatic carbocycles. The SMILES string of the molecule is Cn1ncc(C(=O)O)c1CSc1ccc(N)cn1. The molecule has 0 radical (unpaired) electrons. The molecule has 0 aliphatic rings. The molecule has 0 aliphatic heterocycles. The summed E-state index contributed by atoms with van der Waals surface area (Å²) in [5, 5.41) is 13.8. The summed E-state index contributed by atoms with van der Waals surface area (Å²) in [6.45, 7) is 0. The zero-order chi connectivity index (χ0) is 13.1. The summed E-state index contributed by atoms with van der Waals surface area (Å²) >= 11 is 1.44. The Kier molecular flexibility index (Phi) is 3.52. The first kappa shape index (κ1) is 12.4. The maximum atomic E-state index is 11.0. The Morgan fingerprint density at radius 2 is 2.28 bits per heavy atom. The number of hydrogen-bond acceptors (Lipinski definition) is 5. The Labute approximate surface area is 108 Å². The van der Waals surface area contributed by atoms with E-state index in [2.05, 4.69) is 10.1 Å². The fourth-order valence-corrected chi connectivity index (χ4v) is 2.35. The molecule has 0 unspecified atom stereocenters. The van der Waals surface area contributed by atoms with Gasteiger partial charge in [-0.05, 0) is 12.1 Å². The van der Waals surface area contributed by atoms with Crippen molar-refractivity contribution < 1.29 is 9.90 Å². The first-order valence-electron chi connectivity index (χ1n) is 5.16. The first-order chi connectivity index (χ1) is 8.58. The molecule has 94 valence electrons. The number of rotatable bonds is 4. The maximum Gasteiger partial charge on any atom is 0.339 e. The van der Waals surface area contributed by atoms with Gasteiger partial charge in [0.15, 0.2) is 0 Å². The fourth-order valence-electron chi connectivity index (χ4n) is 1.43. The zero-order valence-electron chi connectivity index (χ0n) is 9.70. The molecular formula is C11H12N4O2S. The molecule has 0 atom stereocenters. The van der Waals surface area contributed by atoms with E-state index in [0.29, 0.717) is 17.1 Å². The van der Waals surface area contributed by atoms with Crippen LogP contribution in [0.15, 0.2) is 29.6 Å². The van der Waals surface area contributed by atoms with Crippen LogP contribution in [-0.2, 0) is 12.8 Å². The van der Waals surface area contributed by atoms with Crippen molar-refractivity contribution in [3.63, 3.8) is 0 Å². The lowest BCUT2D eigenvalue weighted by atomic mass is 10.3. The van der Waals surface area contributed by atoms with Gasteiger partial charge in [-0.25, -0.2) is 9.78 Å². The van der Waals surface area contributed by atoms with Gasteiger partial charge in [0.2, 0.25) is 0 Å². The van der Waals surface area contributed by atoms with Gasteiger partial charge in [0, 0.05) is 12.8 Å². The second-order valence-corrected chi connectivity index (χ2v) is 4.65. The summed E-state index contributed by atoms with van der Waals surface area (Å²) < 4.78 is 1.56. The number of pyridine rings is 1. The van der Waals surface area contributed by atoms with Crippen LogP contribution in [0.5, 0.6) is 0 Å². The minimum atomic E-state index is -0.969. The lowest BCUT2D eigenvalue weighted by Crippen LogP contribution is -2.03. The summed E-state index contributed by atoms with van der Waals surface area (Å²) in [5.41, 5.74) is 7.03. The molecule has 2 aromatic heterocycles. The summed E-state index contributed by atoms with van der Waals surface area (Å²) in [4.78, 5) is 15.1. The molecule has 18 heavy (non-hydrogen) atoms. The minimum Gasteiger partial charge on any atom is -0.478 e. The second-order valence-electron chi connectivity index (χ2n) is 3.65. The molecule has 3 N–H and O–H groups in total. The molecule has 0 saturated heterocycles. The second kappa shape index (κ2) is 5.09. The number of nitrogens with zero attached hydrogens (tertiary/aromatic N) is 3. The van der Waals surface area contributed by atoms with E-state index in [4.69, 9.17) is 10.8 Å². The molecule has 2 rings (SSSR count). The van der Waals surface area contributed by atoms with Gasteiger partial charge in [0.25, 0.3) is 0 Å². The van der Waals surface area contributed by atoms with Gasteiger partial charge in [-0.3, -0.25) is 4.68 Å². The Balaban J connectivity index is 2.12. The van der Waals surface area contributed by atoms with Crippen LogP contribution in [-0.4, -0.2) is 25.8 Å². The minimum absolute atomic E-state index is 0.223. The number of aromatic nitrogens is 3. The average Bonchev–Trinajstić information content (AvgIpc) is 2.70. The number of nitrogen functional groups attached to an aromatic ring is 1. The number of aryl methyl sites for hydroxylation is 1. The molecule has 0 fully saturated rings. The third-order valence-corrected chi connectivity index (χ3v) is 3.36. The molecule has 6 nitrogen and oxygen atoms in total. The van der Waals surface area contributed by atoms with E-state index in [1.54, 1.807) is 30.1 Å². The van der Waals surface area contributed by atoms with Crippen molar-refractivity contribution >= 4 is 23.4 Å². The highest BCUT2D eigenvalue weighted by molar-refractivity contribution is 7.98. The fraction of sp³-hybridized carbons (Fsp3) is 0.182. The molecule has 2 heterocycles. The van der Waals surface area contributed by atoms with Crippen LogP contribution in [0.1, 0.15) is 16.1 Å². The van der Waals surface area contributed by atoms with E-state index < -0.39 is 5.97 Å². The largest absolute Gasteiger partial charge is 0.478 e. The Morgan fingerprint density at radius 1 is 1.50 bits per heavy atom. The highest BCUT2D eigenvalue weighted by Crippen LogP contribution is 2.22. The molecule has 2 aromatic rings. The average molecular weight is 264 g/mol. The van der Waals surface area contributed by atoms with Crippen LogP contribution in [0, 0.1) is 0 Å². The molecule has 0 aromatic carbocycles. The first-order valence-corrected chi connectivity index (χ1v) is 6.15. The summed E-state index contributed by atoms with van der Waals surface area (Å²) in [6, 6.07) is 3.56. The van der Waals surface area contributed by atoms with Crippen molar-refractivity contribution in [1.29, 1.82) is 0 Å². The molecular weight excluding hydrogens is 252 g/mol. The summed E-state index contributed by atoms with van der Waals surface area (Å²) in [5.74, 6) is -0.473. The highest BCUT2D eigenvalue weighted by atomic mass is 32.2. The highest BCUT2D eigenvalue weighted by Gasteiger charge is 2.15. The van der Waals surface area contributed by atoms with Crippen molar-refractivity contribution in [1.82, 2.24) is 14.8 Å². The number of carboxylic acid groups (broad SMARTS) is 1. The summed E-state index contributed by atoms with van der Waals surface area (Å²) in [7, 11) is 1.72. The van der Waals surface area contributed by atoms with Crippen molar-refractivity contribution in [3.8, 4) is 0 Å². The predicted molar refractivity (Wildman–Crippen MR) is 68.4 cm³/mol. The summed E-state index contributed by atoms with van der Waals surface area (Å²) in [6.07, 6.45) is 2.93. The zero-order valence-corrected chi connectivity index (χ0v) is 10.5. The Hall–Kier alpha value is -2.02. The Morgan fingerprint density at radius 3 is 2.89 bits per heavy atom. The molecule has 0 bridgehead atoms. The monoisotopic (exact) mass is 264 g/mol. The van der Waals surface area contributed by atoms with Crippen molar-refractivity contribution in [2.45, 2.75) is 10.8 Å². The van der Waals surface area contributed by atoms with Crippen LogP contribution in [0.2, 0.25) is 0 Å². The normalized spacial score (nSPS) is 10.5. The van der Waals surface area contributed by atoms with E-state index in [9.17, 15) is 4.79 Å². The number of carboxylic acids is 1. The smallest absolute Gasteiger partial charge is 0.339 e. The van der Waals surface area contributed by atoms with Gasteiger partial charge in [0.05, 0.1) is 28.8 Å². The van der Waals surface area contributed by atoms with E-state index in [1.807, 2.05) is 0 Å². The molecule has 0 amide bonds.